The van der Waals surface area contributed by atoms with Crippen LogP contribution in [-0.2, 0) is 6.54 Å². The fourth-order valence-electron chi connectivity index (χ4n) is 2.81. The number of hydrogen-bond donors (Lipinski definition) is 1. The molecule has 26 heavy (non-hydrogen) atoms. The van der Waals surface area contributed by atoms with E-state index in [-0.39, 0.29) is 5.82 Å². The van der Waals surface area contributed by atoms with Crippen molar-refractivity contribution in [2.75, 3.05) is 5.32 Å². The second-order valence-electron chi connectivity index (χ2n) is 5.74. The first kappa shape index (κ1) is 15.8. The number of aromatic nitrogens is 3. The van der Waals surface area contributed by atoms with Gasteiger partial charge in [0, 0.05) is 18.2 Å². The average molecular weight is 343 g/mol. The smallest absolute Gasteiger partial charge is 0.158 e. The van der Waals surface area contributed by atoms with Crippen LogP contribution in [0.1, 0.15) is 11.1 Å². The quantitative estimate of drug-likeness (QED) is 0.608. The zero-order valence-electron chi connectivity index (χ0n) is 13.7. The molecule has 0 fully saturated rings. The summed E-state index contributed by atoms with van der Waals surface area (Å²) in [5.41, 5.74) is 3.23. The predicted molar refractivity (Wildman–Crippen MR) is 96.9 cm³/mol. The molecule has 2 heterocycles. The van der Waals surface area contributed by atoms with Crippen molar-refractivity contribution in [3.63, 3.8) is 0 Å². The first-order valence-corrected chi connectivity index (χ1v) is 8.08. The molecule has 0 saturated heterocycles. The number of anilines is 1. The minimum atomic E-state index is -0.333. The molecule has 0 aliphatic heterocycles. The summed E-state index contributed by atoms with van der Waals surface area (Å²) in [5, 5.41) is 17.3. The summed E-state index contributed by atoms with van der Waals surface area (Å²) in [6, 6.07) is 19.8. The third-order valence-corrected chi connectivity index (χ3v) is 4.07. The Kier molecular flexibility index (Phi) is 4.04. The molecule has 0 amide bonds. The Morgan fingerprint density at radius 2 is 1.81 bits per heavy atom. The number of fused-ring (bicyclic) bond motifs is 1. The van der Waals surface area contributed by atoms with Crippen LogP contribution < -0.4 is 5.32 Å². The number of rotatable bonds is 4. The highest BCUT2D eigenvalue weighted by atomic mass is 19.1. The molecule has 0 atom stereocenters. The van der Waals surface area contributed by atoms with Crippen LogP contribution in [0, 0.1) is 17.1 Å². The molecule has 0 saturated carbocycles. The summed E-state index contributed by atoms with van der Waals surface area (Å²) in [6.45, 7) is 0.539. The van der Waals surface area contributed by atoms with Crippen molar-refractivity contribution in [2.24, 2.45) is 0 Å². The first-order chi connectivity index (χ1) is 12.8. The molecular formula is C20H14FN5. The second kappa shape index (κ2) is 6.65. The molecule has 126 valence electrons. The standard InChI is InChI=1S/C20H14FN5/c21-16-8-6-15(7-9-16)19-17(12-22)20(26-18(25-19)10-11-24-26)23-13-14-4-2-1-3-5-14/h1-11,23H,13H2. The van der Waals surface area contributed by atoms with Crippen LogP contribution in [0.4, 0.5) is 10.2 Å². The van der Waals surface area contributed by atoms with E-state index < -0.39 is 0 Å². The molecule has 0 aliphatic carbocycles. The summed E-state index contributed by atoms with van der Waals surface area (Å²) in [4.78, 5) is 4.54. The number of halogens is 1. The van der Waals surface area contributed by atoms with Crippen LogP contribution in [0.3, 0.4) is 0 Å². The van der Waals surface area contributed by atoms with E-state index in [1.54, 1.807) is 28.9 Å². The van der Waals surface area contributed by atoms with E-state index >= 15 is 0 Å². The topological polar surface area (TPSA) is 66.0 Å². The molecule has 0 radical (unpaired) electrons. The average Bonchev–Trinajstić information content (AvgIpc) is 3.15. The van der Waals surface area contributed by atoms with Crippen LogP contribution in [0.5, 0.6) is 0 Å². The van der Waals surface area contributed by atoms with Gasteiger partial charge in [-0.05, 0) is 29.8 Å². The minimum absolute atomic E-state index is 0.333. The van der Waals surface area contributed by atoms with Crippen LogP contribution in [0.2, 0.25) is 0 Å². The Morgan fingerprint density at radius 3 is 2.54 bits per heavy atom. The van der Waals surface area contributed by atoms with E-state index in [1.165, 1.54) is 12.1 Å². The van der Waals surface area contributed by atoms with Gasteiger partial charge in [-0.15, -0.1) is 0 Å². The van der Waals surface area contributed by atoms with Gasteiger partial charge in [0.05, 0.1) is 11.9 Å². The molecule has 4 aromatic rings. The Labute approximate surface area is 149 Å². The maximum Gasteiger partial charge on any atom is 0.158 e. The molecular weight excluding hydrogens is 329 g/mol. The molecule has 4 rings (SSSR count). The van der Waals surface area contributed by atoms with E-state index in [2.05, 4.69) is 21.5 Å². The molecule has 2 aromatic carbocycles. The van der Waals surface area contributed by atoms with Crippen LogP contribution in [-0.4, -0.2) is 14.6 Å². The van der Waals surface area contributed by atoms with Gasteiger partial charge in [0.1, 0.15) is 23.3 Å². The van der Waals surface area contributed by atoms with Gasteiger partial charge in [0.25, 0.3) is 0 Å². The lowest BCUT2D eigenvalue weighted by Gasteiger charge is -2.13. The largest absolute Gasteiger partial charge is 0.365 e. The van der Waals surface area contributed by atoms with Gasteiger partial charge < -0.3 is 5.32 Å². The Bertz CT molecular complexity index is 1090. The maximum absolute atomic E-state index is 13.3. The maximum atomic E-state index is 13.3. The Balaban J connectivity index is 1.83. The highest BCUT2D eigenvalue weighted by Gasteiger charge is 2.17. The lowest BCUT2D eigenvalue weighted by atomic mass is 10.1. The van der Waals surface area contributed by atoms with Crippen LogP contribution >= 0.6 is 0 Å². The zero-order chi connectivity index (χ0) is 17.9. The highest BCUT2D eigenvalue weighted by molar-refractivity contribution is 5.75. The molecule has 0 aliphatic rings. The van der Waals surface area contributed by atoms with Crippen molar-refractivity contribution in [3.05, 3.63) is 83.8 Å². The predicted octanol–water partition coefficient (Wildman–Crippen LogP) is 4.02. The number of nitrogens with one attached hydrogen (secondary N) is 1. The molecule has 0 unspecified atom stereocenters. The normalized spacial score (nSPS) is 10.6. The summed E-state index contributed by atoms with van der Waals surface area (Å²) in [7, 11) is 0. The van der Waals surface area contributed by atoms with Crippen molar-refractivity contribution in [1.29, 1.82) is 5.26 Å². The highest BCUT2D eigenvalue weighted by Crippen LogP contribution is 2.28. The van der Waals surface area contributed by atoms with E-state index in [9.17, 15) is 9.65 Å². The number of benzene rings is 2. The van der Waals surface area contributed by atoms with Gasteiger partial charge in [-0.2, -0.15) is 14.9 Å². The molecule has 0 bridgehead atoms. The third-order valence-electron chi connectivity index (χ3n) is 4.07. The molecule has 1 N–H and O–H groups in total. The van der Waals surface area contributed by atoms with Crippen molar-refractivity contribution in [2.45, 2.75) is 6.54 Å². The van der Waals surface area contributed by atoms with Crippen molar-refractivity contribution >= 4 is 11.5 Å². The molecule has 2 aromatic heterocycles. The van der Waals surface area contributed by atoms with Gasteiger partial charge in [0.15, 0.2) is 5.65 Å². The summed E-state index contributed by atoms with van der Waals surface area (Å²) in [6.07, 6.45) is 1.63. The summed E-state index contributed by atoms with van der Waals surface area (Å²) >= 11 is 0. The Morgan fingerprint density at radius 1 is 1.04 bits per heavy atom. The molecule has 6 heteroatoms. The van der Waals surface area contributed by atoms with Crippen LogP contribution in [0.15, 0.2) is 66.9 Å². The number of nitriles is 1. The van der Waals surface area contributed by atoms with Gasteiger partial charge >= 0.3 is 0 Å². The zero-order valence-corrected chi connectivity index (χ0v) is 13.7. The lowest BCUT2D eigenvalue weighted by Crippen LogP contribution is -2.10. The van der Waals surface area contributed by atoms with E-state index in [0.717, 1.165) is 5.56 Å². The number of nitrogens with zero attached hydrogens (tertiary/aromatic N) is 4. The summed E-state index contributed by atoms with van der Waals surface area (Å²) in [5.74, 6) is 0.228. The fourth-order valence-corrected chi connectivity index (χ4v) is 2.81. The monoisotopic (exact) mass is 343 g/mol. The first-order valence-electron chi connectivity index (χ1n) is 8.08. The van der Waals surface area contributed by atoms with E-state index in [1.807, 2.05) is 30.3 Å². The van der Waals surface area contributed by atoms with Crippen molar-refractivity contribution < 1.29 is 4.39 Å². The van der Waals surface area contributed by atoms with E-state index in [4.69, 9.17) is 0 Å². The van der Waals surface area contributed by atoms with Gasteiger partial charge in [-0.25, -0.2) is 9.37 Å². The van der Waals surface area contributed by atoms with Gasteiger partial charge in [0.2, 0.25) is 0 Å². The minimum Gasteiger partial charge on any atom is -0.365 e. The fraction of sp³-hybridized carbons (Fsp3) is 0.0500. The van der Waals surface area contributed by atoms with Crippen molar-refractivity contribution in [1.82, 2.24) is 14.6 Å². The van der Waals surface area contributed by atoms with Crippen molar-refractivity contribution in [3.8, 4) is 17.3 Å². The lowest BCUT2D eigenvalue weighted by molar-refractivity contribution is 0.628. The molecule has 0 spiro atoms. The Hall–Kier alpha value is -3.72. The third kappa shape index (κ3) is 2.87. The second-order valence-corrected chi connectivity index (χ2v) is 5.74. The van der Waals surface area contributed by atoms with Crippen LogP contribution in [0.25, 0.3) is 16.9 Å². The number of hydrogen-bond acceptors (Lipinski definition) is 4. The molecule has 5 nitrogen and oxygen atoms in total. The van der Waals surface area contributed by atoms with Gasteiger partial charge in [-0.1, -0.05) is 30.3 Å². The van der Waals surface area contributed by atoms with E-state index in [0.29, 0.717) is 34.8 Å². The summed E-state index contributed by atoms with van der Waals surface area (Å²) < 4.78 is 14.9. The van der Waals surface area contributed by atoms with Gasteiger partial charge in [-0.3, -0.25) is 0 Å². The SMILES string of the molecule is N#Cc1c(-c2ccc(F)cc2)nc2ccnn2c1NCc1ccccc1.